The molecule has 2 aliphatic rings. The second-order valence-electron chi connectivity index (χ2n) is 5.35. The molecule has 0 radical (unpaired) electrons. The molecule has 2 atom stereocenters. The fourth-order valence-electron chi connectivity index (χ4n) is 3.26. The van der Waals surface area contributed by atoms with E-state index in [2.05, 4.69) is 17.0 Å². The summed E-state index contributed by atoms with van der Waals surface area (Å²) in [6, 6.07) is 10.3. The maximum absolute atomic E-state index is 11.4. The smallest absolute Gasteiger partial charge is 0.311 e. The molecule has 1 saturated heterocycles. The van der Waals surface area contributed by atoms with Gasteiger partial charge in [0.2, 0.25) is 0 Å². The minimum absolute atomic E-state index is 0.378. The van der Waals surface area contributed by atoms with Crippen LogP contribution in [0.5, 0.6) is 0 Å². The van der Waals surface area contributed by atoms with Gasteiger partial charge in [0, 0.05) is 19.6 Å². The van der Waals surface area contributed by atoms with Crippen molar-refractivity contribution in [3.8, 4) is 0 Å². The first-order valence-electron chi connectivity index (χ1n) is 6.20. The molecule has 1 aliphatic carbocycles. The summed E-state index contributed by atoms with van der Waals surface area (Å²) >= 11 is 0. The summed E-state index contributed by atoms with van der Waals surface area (Å²) in [6.45, 7) is 2.55. The molecule has 1 N–H and O–H groups in total. The van der Waals surface area contributed by atoms with Gasteiger partial charge in [0.15, 0.2) is 0 Å². The Balaban J connectivity index is 1.70. The van der Waals surface area contributed by atoms with Crippen LogP contribution in [0.4, 0.5) is 0 Å². The third-order valence-electron chi connectivity index (χ3n) is 4.38. The van der Waals surface area contributed by atoms with Gasteiger partial charge in [-0.1, -0.05) is 30.3 Å². The predicted octanol–water partition coefficient (Wildman–Crippen LogP) is 1.98. The first kappa shape index (κ1) is 10.8. The van der Waals surface area contributed by atoms with Crippen LogP contribution in [-0.4, -0.2) is 29.1 Å². The van der Waals surface area contributed by atoms with Crippen LogP contribution in [0.15, 0.2) is 30.3 Å². The van der Waals surface area contributed by atoms with Crippen molar-refractivity contribution in [1.29, 1.82) is 0 Å². The molecular weight excluding hydrogens is 214 g/mol. The average molecular weight is 231 g/mol. The van der Waals surface area contributed by atoms with Crippen molar-refractivity contribution in [2.45, 2.75) is 19.4 Å². The van der Waals surface area contributed by atoms with E-state index in [1.807, 2.05) is 18.2 Å². The number of hydrogen-bond donors (Lipinski definition) is 1. The van der Waals surface area contributed by atoms with Crippen LogP contribution in [0, 0.1) is 11.3 Å². The molecule has 0 spiro atoms. The molecule has 3 rings (SSSR count). The lowest BCUT2D eigenvalue weighted by atomic mass is 9.62. The molecule has 0 amide bonds. The van der Waals surface area contributed by atoms with Crippen LogP contribution in [0.1, 0.15) is 18.4 Å². The number of aliphatic carboxylic acids is 1. The van der Waals surface area contributed by atoms with Crippen LogP contribution < -0.4 is 0 Å². The molecule has 3 heteroatoms. The van der Waals surface area contributed by atoms with Crippen molar-refractivity contribution in [1.82, 2.24) is 4.90 Å². The number of carboxylic acids is 1. The Morgan fingerprint density at radius 3 is 2.71 bits per heavy atom. The Hall–Kier alpha value is -1.35. The lowest BCUT2D eigenvalue weighted by Gasteiger charge is -2.39. The molecule has 3 nitrogen and oxygen atoms in total. The number of fused-ring (bicyclic) bond motifs is 1. The summed E-state index contributed by atoms with van der Waals surface area (Å²) in [5.74, 6) is -0.215. The number of rotatable bonds is 3. The van der Waals surface area contributed by atoms with Crippen LogP contribution in [0.25, 0.3) is 0 Å². The van der Waals surface area contributed by atoms with Gasteiger partial charge >= 0.3 is 5.97 Å². The second kappa shape index (κ2) is 3.84. The fourth-order valence-corrected chi connectivity index (χ4v) is 3.26. The molecule has 1 aromatic carbocycles. The molecule has 2 unspecified atom stereocenters. The summed E-state index contributed by atoms with van der Waals surface area (Å²) in [7, 11) is 0. The summed E-state index contributed by atoms with van der Waals surface area (Å²) in [5, 5.41) is 9.35. The third kappa shape index (κ3) is 1.65. The molecule has 0 aromatic heterocycles. The highest BCUT2D eigenvalue weighted by molar-refractivity contribution is 5.77. The zero-order valence-electron chi connectivity index (χ0n) is 9.80. The number of benzene rings is 1. The third-order valence-corrected chi connectivity index (χ3v) is 4.38. The van der Waals surface area contributed by atoms with E-state index in [0.717, 1.165) is 32.5 Å². The van der Waals surface area contributed by atoms with E-state index in [4.69, 9.17) is 0 Å². The lowest BCUT2D eigenvalue weighted by molar-refractivity contribution is -0.156. The minimum atomic E-state index is -0.593. The van der Waals surface area contributed by atoms with Gasteiger partial charge in [-0.05, 0) is 24.3 Å². The highest BCUT2D eigenvalue weighted by atomic mass is 16.4. The van der Waals surface area contributed by atoms with E-state index >= 15 is 0 Å². The summed E-state index contributed by atoms with van der Waals surface area (Å²) in [6.07, 6.45) is 1.94. The maximum Gasteiger partial charge on any atom is 0.311 e. The van der Waals surface area contributed by atoms with Crippen LogP contribution in [-0.2, 0) is 11.3 Å². The maximum atomic E-state index is 11.4. The Bertz CT molecular complexity index is 431. The molecule has 90 valence electrons. The van der Waals surface area contributed by atoms with Gasteiger partial charge in [-0.2, -0.15) is 0 Å². The van der Waals surface area contributed by atoms with Crippen LogP contribution in [0.2, 0.25) is 0 Å². The van der Waals surface area contributed by atoms with Crippen molar-refractivity contribution in [3.63, 3.8) is 0 Å². The van der Waals surface area contributed by atoms with E-state index in [-0.39, 0.29) is 0 Å². The SMILES string of the molecule is O=C(O)C12CCC1CN(Cc1ccccc1)C2. The standard InChI is InChI=1S/C14H17NO2/c16-13(17)14-7-6-12(14)9-15(10-14)8-11-4-2-1-3-5-11/h1-5,12H,6-10H2,(H,16,17). The van der Waals surface area contributed by atoms with E-state index in [9.17, 15) is 9.90 Å². The Morgan fingerprint density at radius 1 is 1.41 bits per heavy atom. The Labute approximate surface area is 101 Å². The van der Waals surface area contributed by atoms with Gasteiger partial charge in [-0.25, -0.2) is 0 Å². The van der Waals surface area contributed by atoms with E-state index in [1.54, 1.807) is 0 Å². The van der Waals surface area contributed by atoms with Gasteiger partial charge in [-0.3, -0.25) is 9.69 Å². The van der Waals surface area contributed by atoms with Gasteiger partial charge in [-0.15, -0.1) is 0 Å². The quantitative estimate of drug-likeness (QED) is 0.864. The van der Waals surface area contributed by atoms with Crippen molar-refractivity contribution in [3.05, 3.63) is 35.9 Å². The molecule has 1 heterocycles. The normalized spacial score (nSPS) is 31.9. The number of carboxylic acid groups (broad SMARTS) is 1. The van der Waals surface area contributed by atoms with Gasteiger partial charge in [0.05, 0.1) is 5.41 Å². The van der Waals surface area contributed by atoms with Crippen molar-refractivity contribution in [2.24, 2.45) is 11.3 Å². The van der Waals surface area contributed by atoms with Crippen molar-refractivity contribution in [2.75, 3.05) is 13.1 Å². The molecule has 1 aromatic rings. The Morgan fingerprint density at radius 2 is 2.18 bits per heavy atom. The average Bonchev–Trinajstić information content (AvgIpc) is 2.54. The zero-order valence-corrected chi connectivity index (χ0v) is 9.80. The van der Waals surface area contributed by atoms with Gasteiger partial charge in [0.25, 0.3) is 0 Å². The summed E-state index contributed by atoms with van der Waals surface area (Å²) in [5.41, 5.74) is 0.851. The minimum Gasteiger partial charge on any atom is -0.481 e. The van der Waals surface area contributed by atoms with E-state index in [0.29, 0.717) is 5.92 Å². The van der Waals surface area contributed by atoms with Crippen LogP contribution >= 0.6 is 0 Å². The van der Waals surface area contributed by atoms with Gasteiger partial charge in [0.1, 0.15) is 0 Å². The van der Waals surface area contributed by atoms with E-state index in [1.165, 1.54) is 5.56 Å². The molecule has 2 fully saturated rings. The number of nitrogens with zero attached hydrogens (tertiary/aromatic N) is 1. The monoisotopic (exact) mass is 231 g/mol. The fraction of sp³-hybridized carbons (Fsp3) is 0.500. The predicted molar refractivity (Wildman–Crippen MR) is 64.5 cm³/mol. The number of likely N-dealkylation sites (tertiary alicyclic amines) is 1. The van der Waals surface area contributed by atoms with E-state index < -0.39 is 11.4 Å². The summed E-state index contributed by atoms with van der Waals surface area (Å²) < 4.78 is 0. The highest BCUT2D eigenvalue weighted by Crippen LogP contribution is 2.52. The number of carbonyl (C=O) groups is 1. The lowest BCUT2D eigenvalue weighted by Crippen LogP contribution is -2.46. The first-order chi connectivity index (χ1) is 8.21. The molecule has 0 bridgehead atoms. The second-order valence-corrected chi connectivity index (χ2v) is 5.35. The topological polar surface area (TPSA) is 40.5 Å². The van der Waals surface area contributed by atoms with Crippen LogP contribution in [0.3, 0.4) is 0 Å². The molecule has 1 saturated carbocycles. The molecule has 17 heavy (non-hydrogen) atoms. The van der Waals surface area contributed by atoms with Crippen molar-refractivity contribution >= 4 is 5.97 Å². The number of hydrogen-bond acceptors (Lipinski definition) is 2. The van der Waals surface area contributed by atoms with Crippen molar-refractivity contribution < 1.29 is 9.90 Å². The van der Waals surface area contributed by atoms with Gasteiger partial charge < -0.3 is 5.11 Å². The zero-order chi connectivity index (χ0) is 11.9. The first-order valence-corrected chi connectivity index (χ1v) is 6.20. The Kier molecular flexibility index (Phi) is 2.44. The highest BCUT2D eigenvalue weighted by Gasteiger charge is 2.57. The largest absolute Gasteiger partial charge is 0.481 e. The summed E-state index contributed by atoms with van der Waals surface area (Å²) in [4.78, 5) is 13.6. The molecule has 1 aliphatic heterocycles. The molecular formula is C14H17NO2.